The molecule has 5 heteroatoms. The van der Waals surface area contributed by atoms with Gasteiger partial charge in [-0.25, -0.2) is 9.80 Å². The number of carbonyl (C=O) groups is 2. The molecular formula is C8H15N3O2. The average Bonchev–Trinajstić information content (AvgIpc) is 1.98. The Morgan fingerprint density at radius 1 is 1.46 bits per heavy atom. The summed E-state index contributed by atoms with van der Waals surface area (Å²) in [6.07, 6.45) is 1.80. The highest BCUT2D eigenvalue weighted by atomic mass is 16.2. The fraction of sp³-hybridized carbons (Fsp3) is 0.750. The molecule has 0 aliphatic heterocycles. The molecule has 3 N–H and O–H groups in total. The largest absolute Gasteiger partial charge is 0.350 e. The van der Waals surface area contributed by atoms with Crippen LogP contribution in [0.3, 0.4) is 0 Å². The molecule has 0 heterocycles. The van der Waals surface area contributed by atoms with Crippen LogP contribution in [0.15, 0.2) is 0 Å². The van der Waals surface area contributed by atoms with E-state index in [1.807, 2.05) is 0 Å². The van der Waals surface area contributed by atoms with Crippen molar-refractivity contribution in [2.24, 2.45) is 17.6 Å². The number of nitrogens with one attached hydrogen (secondary N) is 1. The smallest absolute Gasteiger partial charge is 0.333 e. The van der Waals surface area contributed by atoms with E-state index in [9.17, 15) is 9.59 Å². The summed E-state index contributed by atoms with van der Waals surface area (Å²) in [7, 11) is 1.43. The lowest BCUT2D eigenvalue weighted by Gasteiger charge is -2.32. The Morgan fingerprint density at radius 2 is 2.00 bits per heavy atom. The van der Waals surface area contributed by atoms with Gasteiger partial charge in [0.2, 0.25) is 5.91 Å². The van der Waals surface area contributed by atoms with Crippen LogP contribution in [0, 0.1) is 11.8 Å². The fourth-order valence-electron chi connectivity index (χ4n) is 1.43. The van der Waals surface area contributed by atoms with Crippen LogP contribution in [0.2, 0.25) is 0 Å². The maximum absolute atomic E-state index is 11.3. The highest BCUT2D eigenvalue weighted by Crippen LogP contribution is 2.32. The van der Waals surface area contributed by atoms with Gasteiger partial charge in [0.1, 0.15) is 0 Å². The van der Waals surface area contributed by atoms with Gasteiger partial charge in [-0.3, -0.25) is 10.2 Å². The number of nitrogens with two attached hydrogens (primary N) is 1. The molecule has 0 unspecified atom stereocenters. The molecule has 3 amide bonds. The van der Waals surface area contributed by atoms with Crippen LogP contribution in [-0.2, 0) is 4.79 Å². The number of rotatable bonds is 1. The van der Waals surface area contributed by atoms with Gasteiger partial charge in [0, 0.05) is 13.0 Å². The molecule has 74 valence electrons. The first-order chi connectivity index (χ1) is 6.00. The van der Waals surface area contributed by atoms with Gasteiger partial charge in [-0.05, 0) is 18.8 Å². The second-order valence-electron chi connectivity index (χ2n) is 3.65. The number of primary amides is 1. The van der Waals surface area contributed by atoms with E-state index in [-0.39, 0.29) is 11.8 Å². The molecule has 0 spiro atoms. The Hall–Kier alpha value is -1.26. The van der Waals surface area contributed by atoms with Crippen molar-refractivity contribution in [3.8, 4) is 0 Å². The highest BCUT2D eigenvalue weighted by molar-refractivity contribution is 5.82. The van der Waals surface area contributed by atoms with Crippen molar-refractivity contribution >= 4 is 11.9 Å². The lowest BCUT2D eigenvalue weighted by molar-refractivity contribution is -0.132. The minimum absolute atomic E-state index is 0.0526. The first kappa shape index (κ1) is 9.83. The predicted molar refractivity (Wildman–Crippen MR) is 47.4 cm³/mol. The molecule has 1 rings (SSSR count). The molecular weight excluding hydrogens is 170 g/mol. The van der Waals surface area contributed by atoms with Gasteiger partial charge in [0.05, 0.1) is 0 Å². The van der Waals surface area contributed by atoms with E-state index in [1.54, 1.807) is 0 Å². The number of urea groups is 1. The predicted octanol–water partition coefficient (Wildman–Crippen LogP) is 0.0742. The van der Waals surface area contributed by atoms with Gasteiger partial charge >= 0.3 is 6.03 Å². The number of hydrogen-bond acceptors (Lipinski definition) is 2. The minimum Gasteiger partial charge on any atom is -0.350 e. The Balaban J connectivity index is 2.29. The highest BCUT2D eigenvalue weighted by Gasteiger charge is 2.32. The Morgan fingerprint density at radius 3 is 2.38 bits per heavy atom. The summed E-state index contributed by atoms with van der Waals surface area (Å²) in [5.74, 6) is 0.561. The second-order valence-corrected chi connectivity index (χ2v) is 3.65. The molecule has 0 aromatic heterocycles. The van der Waals surface area contributed by atoms with Crippen molar-refractivity contribution in [1.82, 2.24) is 10.4 Å². The van der Waals surface area contributed by atoms with E-state index in [0.29, 0.717) is 5.92 Å². The quantitative estimate of drug-likeness (QED) is 0.567. The van der Waals surface area contributed by atoms with Crippen LogP contribution in [0.1, 0.15) is 19.8 Å². The topological polar surface area (TPSA) is 75.4 Å². The van der Waals surface area contributed by atoms with E-state index in [1.165, 1.54) is 7.05 Å². The van der Waals surface area contributed by atoms with E-state index >= 15 is 0 Å². The first-order valence-corrected chi connectivity index (χ1v) is 4.34. The molecule has 0 radical (unpaired) electrons. The van der Waals surface area contributed by atoms with Crippen molar-refractivity contribution in [2.75, 3.05) is 7.05 Å². The van der Waals surface area contributed by atoms with E-state index in [2.05, 4.69) is 12.3 Å². The molecule has 1 fully saturated rings. The standard InChI is InChI=1S/C8H15N3O2/c1-5-3-6(4-5)7(12)10-11(2)8(9)13/h5-6H,3-4H2,1-2H3,(H2,9,13)(H,10,12). The number of hydrazine groups is 1. The molecule has 1 saturated carbocycles. The summed E-state index contributed by atoms with van der Waals surface area (Å²) in [6, 6.07) is -0.652. The Labute approximate surface area is 77.2 Å². The van der Waals surface area contributed by atoms with Crippen LogP contribution in [0.4, 0.5) is 4.79 Å². The minimum atomic E-state index is -0.652. The van der Waals surface area contributed by atoms with Crippen LogP contribution in [0.5, 0.6) is 0 Å². The summed E-state index contributed by atoms with van der Waals surface area (Å²) >= 11 is 0. The number of nitrogens with zero attached hydrogens (tertiary/aromatic N) is 1. The third kappa shape index (κ3) is 2.34. The lowest BCUT2D eigenvalue weighted by Crippen LogP contribution is -2.50. The SMILES string of the molecule is CC1CC(C(=O)NN(C)C(N)=O)C1. The normalized spacial score (nSPS) is 26.0. The first-order valence-electron chi connectivity index (χ1n) is 4.34. The number of amides is 3. The molecule has 0 aromatic rings. The van der Waals surface area contributed by atoms with Crippen molar-refractivity contribution in [1.29, 1.82) is 0 Å². The van der Waals surface area contributed by atoms with Gasteiger partial charge in [0.25, 0.3) is 0 Å². The summed E-state index contributed by atoms with van der Waals surface area (Å²) in [6.45, 7) is 2.10. The van der Waals surface area contributed by atoms with Crippen molar-refractivity contribution in [3.05, 3.63) is 0 Å². The monoisotopic (exact) mass is 185 g/mol. The molecule has 1 aliphatic carbocycles. The van der Waals surface area contributed by atoms with E-state index in [0.717, 1.165) is 17.9 Å². The maximum atomic E-state index is 11.3. The molecule has 0 bridgehead atoms. The fourth-order valence-corrected chi connectivity index (χ4v) is 1.43. The second kappa shape index (κ2) is 3.64. The van der Waals surface area contributed by atoms with E-state index in [4.69, 9.17) is 5.73 Å². The molecule has 0 aromatic carbocycles. The van der Waals surface area contributed by atoms with Crippen LogP contribution in [0.25, 0.3) is 0 Å². The zero-order valence-electron chi connectivity index (χ0n) is 7.91. The van der Waals surface area contributed by atoms with Gasteiger partial charge < -0.3 is 5.73 Å². The third-order valence-corrected chi connectivity index (χ3v) is 2.35. The lowest BCUT2D eigenvalue weighted by atomic mass is 9.76. The van der Waals surface area contributed by atoms with Gasteiger partial charge in [-0.15, -0.1) is 0 Å². The van der Waals surface area contributed by atoms with Crippen LogP contribution in [-0.4, -0.2) is 24.0 Å². The van der Waals surface area contributed by atoms with E-state index < -0.39 is 6.03 Å². The van der Waals surface area contributed by atoms with Crippen LogP contribution < -0.4 is 11.2 Å². The maximum Gasteiger partial charge on any atom is 0.333 e. The Kier molecular flexibility index (Phi) is 2.75. The summed E-state index contributed by atoms with van der Waals surface area (Å²) < 4.78 is 0. The van der Waals surface area contributed by atoms with Crippen LogP contribution >= 0.6 is 0 Å². The molecule has 0 saturated heterocycles. The summed E-state index contributed by atoms with van der Waals surface area (Å²) in [5, 5.41) is 1.01. The summed E-state index contributed by atoms with van der Waals surface area (Å²) in [5.41, 5.74) is 7.37. The zero-order chi connectivity index (χ0) is 10.0. The van der Waals surface area contributed by atoms with Crippen molar-refractivity contribution in [3.63, 3.8) is 0 Å². The van der Waals surface area contributed by atoms with Gasteiger partial charge in [-0.1, -0.05) is 6.92 Å². The van der Waals surface area contributed by atoms with Crippen molar-refractivity contribution < 1.29 is 9.59 Å². The van der Waals surface area contributed by atoms with Crippen molar-refractivity contribution in [2.45, 2.75) is 19.8 Å². The summed E-state index contributed by atoms with van der Waals surface area (Å²) in [4.78, 5) is 21.9. The number of carbonyl (C=O) groups excluding carboxylic acids is 2. The van der Waals surface area contributed by atoms with Gasteiger partial charge in [0.15, 0.2) is 0 Å². The zero-order valence-corrected chi connectivity index (χ0v) is 7.91. The third-order valence-electron chi connectivity index (χ3n) is 2.35. The molecule has 1 aliphatic rings. The molecule has 13 heavy (non-hydrogen) atoms. The average molecular weight is 185 g/mol. The van der Waals surface area contributed by atoms with Gasteiger partial charge in [-0.2, -0.15) is 0 Å². The number of hydrogen-bond donors (Lipinski definition) is 2. The Bertz CT molecular complexity index is 223. The molecule has 0 atom stereocenters. The molecule has 5 nitrogen and oxygen atoms in total.